The number of nitrogens with one attached hydrogen (secondary N) is 2. The predicted octanol–water partition coefficient (Wildman–Crippen LogP) is 2.06. The van der Waals surface area contributed by atoms with Crippen LogP contribution in [0.1, 0.15) is 18.4 Å². The number of fused-ring (bicyclic) bond motifs is 1. The SMILES string of the molecule is CN1CCCC1C(=O)NCCc1c[nH]c2cc(F)ccc12. The van der Waals surface area contributed by atoms with Gasteiger partial charge in [-0.2, -0.15) is 0 Å². The molecule has 0 aliphatic carbocycles. The molecule has 0 radical (unpaired) electrons. The summed E-state index contributed by atoms with van der Waals surface area (Å²) in [7, 11) is 1.99. The van der Waals surface area contributed by atoms with Crippen LogP contribution in [-0.4, -0.2) is 42.0 Å². The number of amides is 1. The number of halogens is 1. The molecule has 1 aromatic carbocycles. The zero-order valence-electron chi connectivity index (χ0n) is 12.2. The first-order valence-electron chi connectivity index (χ1n) is 7.38. The summed E-state index contributed by atoms with van der Waals surface area (Å²) in [5, 5.41) is 4.02. The largest absolute Gasteiger partial charge is 0.361 e. The Morgan fingerprint density at radius 1 is 1.52 bits per heavy atom. The van der Waals surface area contributed by atoms with Crippen LogP contribution in [0.25, 0.3) is 10.9 Å². The lowest BCUT2D eigenvalue weighted by Crippen LogP contribution is -2.42. The average molecular weight is 289 g/mol. The van der Waals surface area contributed by atoms with E-state index >= 15 is 0 Å². The molecule has 1 unspecified atom stereocenters. The summed E-state index contributed by atoms with van der Waals surface area (Å²) in [5.74, 6) is -0.130. The van der Waals surface area contributed by atoms with Gasteiger partial charge in [-0.15, -0.1) is 0 Å². The van der Waals surface area contributed by atoms with Crippen LogP contribution in [0.3, 0.4) is 0 Å². The van der Waals surface area contributed by atoms with E-state index in [-0.39, 0.29) is 17.8 Å². The van der Waals surface area contributed by atoms with Crippen LogP contribution < -0.4 is 5.32 Å². The Bertz CT molecular complexity index is 652. The van der Waals surface area contributed by atoms with Gasteiger partial charge in [-0.1, -0.05) is 0 Å². The monoisotopic (exact) mass is 289 g/mol. The molecule has 1 aliphatic heterocycles. The van der Waals surface area contributed by atoms with E-state index in [1.165, 1.54) is 12.1 Å². The van der Waals surface area contributed by atoms with E-state index in [0.29, 0.717) is 6.54 Å². The molecule has 0 saturated carbocycles. The van der Waals surface area contributed by atoms with Crippen molar-refractivity contribution in [2.24, 2.45) is 0 Å². The second kappa shape index (κ2) is 5.85. The summed E-state index contributed by atoms with van der Waals surface area (Å²) in [5.41, 5.74) is 1.90. The smallest absolute Gasteiger partial charge is 0.237 e. The number of carbonyl (C=O) groups excluding carboxylic acids is 1. The van der Waals surface area contributed by atoms with E-state index in [1.807, 2.05) is 13.2 Å². The molecule has 1 aromatic heterocycles. The van der Waals surface area contributed by atoms with E-state index in [0.717, 1.165) is 42.3 Å². The summed E-state index contributed by atoms with van der Waals surface area (Å²) in [6, 6.07) is 4.75. The Balaban J connectivity index is 1.58. The van der Waals surface area contributed by atoms with E-state index < -0.39 is 0 Å². The van der Waals surface area contributed by atoms with Crippen molar-refractivity contribution in [1.82, 2.24) is 15.2 Å². The minimum absolute atomic E-state index is 0.0158. The van der Waals surface area contributed by atoms with Gasteiger partial charge >= 0.3 is 0 Å². The quantitative estimate of drug-likeness (QED) is 0.905. The Morgan fingerprint density at radius 2 is 2.38 bits per heavy atom. The molecule has 0 spiro atoms. The first-order valence-corrected chi connectivity index (χ1v) is 7.38. The molecule has 1 saturated heterocycles. The summed E-state index contributed by atoms with van der Waals surface area (Å²) in [6.07, 6.45) is 4.66. The van der Waals surface area contributed by atoms with E-state index in [9.17, 15) is 9.18 Å². The highest BCUT2D eigenvalue weighted by atomic mass is 19.1. The van der Waals surface area contributed by atoms with Gasteiger partial charge in [-0.3, -0.25) is 9.69 Å². The molecule has 2 N–H and O–H groups in total. The maximum Gasteiger partial charge on any atom is 0.237 e. The van der Waals surface area contributed by atoms with Crippen molar-refractivity contribution in [2.45, 2.75) is 25.3 Å². The summed E-state index contributed by atoms with van der Waals surface area (Å²) < 4.78 is 13.1. The standard InChI is InChI=1S/C16H20FN3O/c1-20-8-2-3-15(20)16(21)18-7-6-11-10-19-14-9-12(17)4-5-13(11)14/h4-5,9-10,15,19H,2-3,6-8H2,1H3,(H,18,21). The molecular formula is C16H20FN3O. The van der Waals surface area contributed by atoms with Crippen LogP contribution >= 0.6 is 0 Å². The third kappa shape index (κ3) is 2.93. The number of likely N-dealkylation sites (tertiary alicyclic amines) is 1. The second-order valence-corrected chi connectivity index (χ2v) is 5.68. The average Bonchev–Trinajstić information content (AvgIpc) is 3.05. The van der Waals surface area contributed by atoms with E-state index in [2.05, 4.69) is 15.2 Å². The number of likely N-dealkylation sites (N-methyl/N-ethyl adjacent to an activating group) is 1. The summed E-state index contributed by atoms with van der Waals surface area (Å²) in [4.78, 5) is 17.3. The molecule has 4 nitrogen and oxygen atoms in total. The fourth-order valence-electron chi connectivity index (χ4n) is 3.05. The van der Waals surface area contributed by atoms with Crippen LogP contribution in [0.15, 0.2) is 24.4 Å². The molecule has 3 rings (SSSR count). The molecule has 5 heteroatoms. The number of aromatic amines is 1. The molecule has 1 fully saturated rings. The number of hydrogen-bond acceptors (Lipinski definition) is 2. The molecule has 2 aromatic rings. The Hall–Kier alpha value is -1.88. The van der Waals surface area contributed by atoms with Gasteiger partial charge in [0.25, 0.3) is 0 Å². The highest BCUT2D eigenvalue weighted by molar-refractivity contribution is 5.84. The lowest BCUT2D eigenvalue weighted by molar-refractivity contribution is -0.125. The van der Waals surface area contributed by atoms with Gasteiger partial charge in [0.2, 0.25) is 5.91 Å². The topological polar surface area (TPSA) is 48.1 Å². The van der Waals surface area contributed by atoms with Gasteiger partial charge in [-0.05, 0) is 56.6 Å². The number of nitrogens with zero attached hydrogens (tertiary/aromatic N) is 1. The van der Waals surface area contributed by atoms with Crippen molar-refractivity contribution in [2.75, 3.05) is 20.1 Å². The highest BCUT2D eigenvalue weighted by Crippen LogP contribution is 2.19. The number of aromatic nitrogens is 1. The fourth-order valence-corrected chi connectivity index (χ4v) is 3.05. The molecular weight excluding hydrogens is 269 g/mol. The van der Waals surface area contributed by atoms with Crippen molar-refractivity contribution in [3.05, 3.63) is 35.8 Å². The fraction of sp³-hybridized carbons (Fsp3) is 0.438. The maximum absolute atomic E-state index is 13.1. The highest BCUT2D eigenvalue weighted by Gasteiger charge is 2.27. The zero-order valence-corrected chi connectivity index (χ0v) is 12.2. The minimum atomic E-state index is -0.242. The number of hydrogen-bond donors (Lipinski definition) is 2. The summed E-state index contributed by atoms with van der Waals surface area (Å²) >= 11 is 0. The zero-order chi connectivity index (χ0) is 14.8. The van der Waals surface area contributed by atoms with Crippen LogP contribution in [0.5, 0.6) is 0 Å². The minimum Gasteiger partial charge on any atom is -0.361 e. The Labute approximate surface area is 123 Å². The third-order valence-corrected chi connectivity index (χ3v) is 4.25. The van der Waals surface area contributed by atoms with Gasteiger partial charge < -0.3 is 10.3 Å². The van der Waals surface area contributed by atoms with Crippen LogP contribution in [0.2, 0.25) is 0 Å². The van der Waals surface area contributed by atoms with Crippen molar-refractivity contribution in [3.8, 4) is 0 Å². The molecule has 112 valence electrons. The van der Waals surface area contributed by atoms with Crippen molar-refractivity contribution in [1.29, 1.82) is 0 Å². The lowest BCUT2D eigenvalue weighted by atomic mass is 10.1. The molecule has 0 bridgehead atoms. The molecule has 1 amide bonds. The normalized spacial score (nSPS) is 19.2. The number of carbonyl (C=O) groups is 1. The maximum atomic E-state index is 13.1. The Morgan fingerprint density at radius 3 is 3.14 bits per heavy atom. The van der Waals surface area contributed by atoms with Gasteiger partial charge in [0.05, 0.1) is 6.04 Å². The second-order valence-electron chi connectivity index (χ2n) is 5.68. The third-order valence-electron chi connectivity index (χ3n) is 4.25. The molecule has 2 heterocycles. The first-order chi connectivity index (χ1) is 10.1. The first kappa shape index (κ1) is 14.1. The number of H-pyrrole nitrogens is 1. The molecule has 21 heavy (non-hydrogen) atoms. The van der Waals surface area contributed by atoms with Crippen molar-refractivity contribution in [3.63, 3.8) is 0 Å². The number of rotatable bonds is 4. The van der Waals surface area contributed by atoms with E-state index in [4.69, 9.17) is 0 Å². The van der Waals surface area contributed by atoms with E-state index in [1.54, 1.807) is 6.07 Å². The van der Waals surface area contributed by atoms with Gasteiger partial charge in [0.15, 0.2) is 0 Å². The van der Waals surface area contributed by atoms with Gasteiger partial charge in [0, 0.05) is 23.6 Å². The lowest BCUT2D eigenvalue weighted by Gasteiger charge is -2.18. The summed E-state index contributed by atoms with van der Waals surface area (Å²) in [6.45, 7) is 1.60. The van der Waals surface area contributed by atoms with Crippen LogP contribution in [0.4, 0.5) is 4.39 Å². The Kier molecular flexibility index (Phi) is 3.92. The van der Waals surface area contributed by atoms with Gasteiger partial charge in [-0.25, -0.2) is 4.39 Å². The molecule has 1 aliphatic rings. The van der Waals surface area contributed by atoms with Crippen molar-refractivity contribution < 1.29 is 9.18 Å². The van der Waals surface area contributed by atoms with Crippen LogP contribution in [-0.2, 0) is 11.2 Å². The predicted molar refractivity (Wildman–Crippen MR) is 80.6 cm³/mol. The molecule has 1 atom stereocenters. The number of benzene rings is 1. The van der Waals surface area contributed by atoms with Crippen molar-refractivity contribution >= 4 is 16.8 Å². The van der Waals surface area contributed by atoms with Gasteiger partial charge in [0.1, 0.15) is 5.82 Å². The van der Waals surface area contributed by atoms with Crippen LogP contribution in [0, 0.1) is 5.82 Å².